The van der Waals surface area contributed by atoms with Gasteiger partial charge in [0.2, 0.25) is 5.91 Å². The van der Waals surface area contributed by atoms with Crippen molar-refractivity contribution in [1.82, 2.24) is 4.90 Å². The monoisotopic (exact) mass is 203 g/mol. The highest BCUT2D eigenvalue weighted by atomic mass is 35.5. The van der Waals surface area contributed by atoms with Gasteiger partial charge >= 0.3 is 0 Å². The minimum atomic E-state index is 0.0385. The molecular weight excluding hydrogens is 186 g/mol. The highest BCUT2D eigenvalue weighted by Crippen LogP contribution is 2.20. The molecule has 1 heterocycles. The Morgan fingerprint density at radius 1 is 1.69 bits per heavy atom. The molecular formula is C10H18ClNO. The van der Waals surface area contributed by atoms with Crippen LogP contribution in [0.25, 0.3) is 0 Å². The molecule has 1 amide bonds. The van der Waals surface area contributed by atoms with E-state index >= 15 is 0 Å². The van der Waals surface area contributed by atoms with E-state index in [0.717, 1.165) is 13.0 Å². The third-order valence-corrected chi connectivity index (χ3v) is 2.91. The molecule has 1 rings (SSSR count). The Bertz CT molecular complexity index is 184. The molecule has 1 aliphatic heterocycles. The van der Waals surface area contributed by atoms with Crippen LogP contribution in [0.4, 0.5) is 0 Å². The standard InChI is InChI=1S/C10H18ClNO/c1-3-4-5-8(2)12-7-9(11)6-10(12)13/h8-9H,3-7H2,1-2H3. The molecule has 1 fully saturated rings. The summed E-state index contributed by atoms with van der Waals surface area (Å²) in [6, 6.07) is 0.371. The van der Waals surface area contributed by atoms with E-state index in [4.69, 9.17) is 11.6 Å². The fourth-order valence-electron chi connectivity index (χ4n) is 1.77. The molecule has 0 radical (unpaired) electrons. The van der Waals surface area contributed by atoms with Gasteiger partial charge in [-0.05, 0) is 13.3 Å². The maximum atomic E-state index is 11.4. The van der Waals surface area contributed by atoms with Crippen LogP contribution in [0.1, 0.15) is 39.5 Å². The average molecular weight is 204 g/mol. The number of carbonyl (C=O) groups is 1. The van der Waals surface area contributed by atoms with E-state index in [1.54, 1.807) is 0 Å². The van der Waals surface area contributed by atoms with Crippen molar-refractivity contribution < 1.29 is 4.79 Å². The summed E-state index contributed by atoms with van der Waals surface area (Å²) < 4.78 is 0. The molecule has 13 heavy (non-hydrogen) atoms. The molecule has 2 unspecified atom stereocenters. The summed E-state index contributed by atoms with van der Waals surface area (Å²) in [5, 5.41) is 0.0385. The van der Waals surface area contributed by atoms with Crippen LogP contribution in [-0.4, -0.2) is 28.8 Å². The fourth-order valence-corrected chi connectivity index (χ4v) is 2.05. The van der Waals surface area contributed by atoms with Crippen molar-refractivity contribution in [3.8, 4) is 0 Å². The first-order chi connectivity index (χ1) is 6.15. The smallest absolute Gasteiger partial charge is 0.224 e. The van der Waals surface area contributed by atoms with Gasteiger partial charge in [0.25, 0.3) is 0 Å². The van der Waals surface area contributed by atoms with Gasteiger partial charge in [0.05, 0.1) is 5.38 Å². The van der Waals surface area contributed by atoms with Crippen LogP contribution in [-0.2, 0) is 4.79 Å². The zero-order valence-electron chi connectivity index (χ0n) is 8.42. The van der Waals surface area contributed by atoms with E-state index < -0.39 is 0 Å². The summed E-state index contributed by atoms with van der Waals surface area (Å²) in [4.78, 5) is 13.4. The minimum absolute atomic E-state index is 0.0385. The maximum Gasteiger partial charge on any atom is 0.224 e. The van der Waals surface area contributed by atoms with Crippen molar-refractivity contribution in [3.63, 3.8) is 0 Å². The molecule has 3 heteroatoms. The molecule has 2 nitrogen and oxygen atoms in total. The first-order valence-electron chi connectivity index (χ1n) is 5.08. The molecule has 2 atom stereocenters. The second kappa shape index (κ2) is 4.85. The third-order valence-electron chi connectivity index (χ3n) is 2.62. The molecule has 0 spiro atoms. The summed E-state index contributed by atoms with van der Waals surface area (Å²) in [5.41, 5.74) is 0. The van der Waals surface area contributed by atoms with Crippen molar-refractivity contribution in [2.75, 3.05) is 6.54 Å². The van der Waals surface area contributed by atoms with E-state index in [9.17, 15) is 4.79 Å². The average Bonchev–Trinajstić information content (AvgIpc) is 2.41. The maximum absolute atomic E-state index is 11.4. The van der Waals surface area contributed by atoms with Gasteiger partial charge in [-0.15, -0.1) is 11.6 Å². The quantitative estimate of drug-likeness (QED) is 0.643. The Morgan fingerprint density at radius 3 is 2.85 bits per heavy atom. The molecule has 1 saturated heterocycles. The Labute approximate surface area is 85.2 Å². The zero-order chi connectivity index (χ0) is 9.84. The summed E-state index contributed by atoms with van der Waals surface area (Å²) in [6.45, 7) is 5.02. The fraction of sp³-hybridized carbons (Fsp3) is 0.900. The lowest BCUT2D eigenvalue weighted by molar-refractivity contribution is -0.129. The number of rotatable bonds is 4. The van der Waals surface area contributed by atoms with Crippen LogP contribution in [0.3, 0.4) is 0 Å². The Hall–Kier alpha value is -0.240. The number of carbonyl (C=O) groups excluding carboxylic acids is 1. The molecule has 0 aromatic rings. The number of amides is 1. The highest BCUT2D eigenvalue weighted by molar-refractivity contribution is 6.22. The molecule has 76 valence electrons. The number of hydrogen-bond donors (Lipinski definition) is 0. The van der Waals surface area contributed by atoms with Crippen LogP contribution in [0.2, 0.25) is 0 Å². The molecule has 0 aromatic carbocycles. The number of alkyl halides is 1. The zero-order valence-corrected chi connectivity index (χ0v) is 9.18. The molecule has 1 aliphatic rings. The van der Waals surface area contributed by atoms with E-state index in [-0.39, 0.29) is 11.3 Å². The molecule has 0 aromatic heterocycles. The van der Waals surface area contributed by atoms with Gasteiger partial charge in [-0.25, -0.2) is 0 Å². The van der Waals surface area contributed by atoms with Gasteiger partial charge in [-0.3, -0.25) is 4.79 Å². The second-order valence-electron chi connectivity index (χ2n) is 3.84. The van der Waals surface area contributed by atoms with Crippen molar-refractivity contribution in [2.45, 2.75) is 50.9 Å². The van der Waals surface area contributed by atoms with Crippen molar-refractivity contribution in [3.05, 3.63) is 0 Å². The van der Waals surface area contributed by atoms with Gasteiger partial charge in [0.15, 0.2) is 0 Å². The third kappa shape index (κ3) is 2.87. The largest absolute Gasteiger partial charge is 0.338 e. The molecule has 0 N–H and O–H groups in total. The van der Waals surface area contributed by atoms with Crippen LogP contribution in [0.15, 0.2) is 0 Å². The number of halogens is 1. The number of likely N-dealkylation sites (tertiary alicyclic amines) is 1. The van der Waals surface area contributed by atoms with Gasteiger partial charge in [-0.1, -0.05) is 19.8 Å². The lowest BCUT2D eigenvalue weighted by Crippen LogP contribution is -2.34. The lowest BCUT2D eigenvalue weighted by Gasteiger charge is -2.24. The predicted molar refractivity (Wildman–Crippen MR) is 55.0 cm³/mol. The van der Waals surface area contributed by atoms with Crippen LogP contribution in [0.5, 0.6) is 0 Å². The van der Waals surface area contributed by atoms with Gasteiger partial charge < -0.3 is 4.90 Å². The summed E-state index contributed by atoms with van der Waals surface area (Å²) in [5.74, 6) is 0.226. The van der Waals surface area contributed by atoms with Gasteiger partial charge in [0, 0.05) is 19.0 Å². The summed E-state index contributed by atoms with van der Waals surface area (Å²) >= 11 is 5.92. The minimum Gasteiger partial charge on any atom is -0.338 e. The van der Waals surface area contributed by atoms with Gasteiger partial charge in [0.1, 0.15) is 0 Å². The van der Waals surface area contributed by atoms with E-state index in [1.165, 1.54) is 12.8 Å². The Morgan fingerprint density at radius 2 is 2.38 bits per heavy atom. The Balaban J connectivity index is 2.38. The van der Waals surface area contributed by atoms with E-state index in [1.807, 2.05) is 4.90 Å². The number of hydrogen-bond acceptors (Lipinski definition) is 1. The first kappa shape index (κ1) is 10.8. The predicted octanol–water partition coefficient (Wildman–Crippen LogP) is 2.40. The van der Waals surface area contributed by atoms with E-state index in [0.29, 0.717) is 12.5 Å². The van der Waals surface area contributed by atoms with Crippen molar-refractivity contribution >= 4 is 17.5 Å². The normalized spacial score (nSPS) is 25.3. The summed E-state index contributed by atoms with van der Waals surface area (Å²) in [6.07, 6.45) is 4.01. The van der Waals surface area contributed by atoms with Crippen LogP contribution in [0, 0.1) is 0 Å². The topological polar surface area (TPSA) is 20.3 Å². The van der Waals surface area contributed by atoms with Crippen molar-refractivity contribution in [1.29, 1.82) is 0 Å². The number of unbranched alkanes of at least 4 members (excludes halogenated alkanes) is 1. The highest BCUT2D eigenvalue weighted by Gasteiger charge is 2.30. The molecule has 0 saturated carbocycles. The van der Waals surface area contributed by atoms with E-state index in [2.05, 4.69) is 13.8 Å². The lowest BCUT2D eigenvalue weighted by atomic mass is 10.1. The number of nitrogens with zero attached hydrogens (tertiary/aromatic N) is 1. The van der Waals surface area contributed by atoms with Gasteiger partial charge in [-0.2, -0.15) is 0 Å². The Kier molecular flexibility index (Phi) is 4.04. The summed E-state index contributed by atoms with van der Waals surface area (Å²) in [7, 11) is 0. The second-order valence-corrected chi connectivity index (χ2v) is 4.46. The van der Waals surface area contributed by atoms with Crippen molar-refractivity contribution in [2.24, 2.45) is 0 Å². The van der Waals surface area contributed by atoms with Crippen LogP contribution >= 0.6 is 11.6 Å². The van der Waals surface area contributed by atoms with Crippen LogP contribution < -0.4 is 0 Å². The molecule has 0 aliphatic carbocycles. The SMILES string of the molecule is CCCCC(C)N1CC(Cl)CC1=O. The first-order valence-corrected chi connectivity index (χ1v) is 5.52. The molecule has 0 bridgehead atoms.